The van der Waals surface area contributed by atoms with Crippen LogP contribution in [0.3, 0.4) is 0 Å². The number of benzene rings is 1. The van der Waals surface area contributed by atoms with E-state index in [2.05, 4.69) is 4.90 Å². The third-order valence-corrected chi connectivity index (χ3v) is 3.45. The number of aromatic hydroxyl groups is 1. The van der Waals surface area contributed by atoms with Crippen molar-refractivity contribution in [3.63, 3.8) is 0 Å². The highest BCUT2D eigenvalue weighted by atomic mass is 16.5. The Labute approximate surface area is 108 Å². The van der Waals surface area contributed by atoms with Gasteiger partial charge >= 0.3 is 0 Å². The van der Waals surface area contributed by atoms with E-state index in [9.17, 15) is 10.2 Å². The summed E-state index contributed by atoms with van der Waals surface area (Å²) in [5.41, 5.74) is 0.862. The Kier molecular flexibility index (Phi) is 4.44. The molecule has 100 valence electrons. The van der Waals surface area contributed by atoms with Crippen LogP contribution in [0.5, 0.6) is 11.5 Å². The zero-order valence-electron chi connectivity index (χ0n) is 10.8. The normalized spacial score (nSPS) is 20.2. The van der Waals surface area contributed by atoms with Gasteiger partial charge in [-0.1, -0.05) is 0 Å². The van der Waals surface area contributed by atoms with Gasteiger partial charge in [-0.05, 0) is 44.5 Å². The van der Waals surface area contributed by atoms with Crippen LogP contribution in [-0.2, 0) is 6.54 Å². The fraction of sp³-hybridized carbons (Fsp3) is 0.571. The Hall–Kier alpha value is -1.26. The standard InChI is InChI=1S/C14H21NO3/c1-2-18-13-5-6-14(17)11(8-13)9-15-7-3-4-12(15)10-16/h5-6,8,12,16-17H,2-4,7,9-10H2,1H3/t12-/m1/s1. The zero-order chi connectivity index (χ0) is 13.0. The Balaban J connectivity index is 2.09. The van der Waals surface area contributed by atoms with Crippen molar-refractivity contribution >= 4 is 0 Å². The average molecular weight is 251 g/mol. The highest BCUT2D eigenvalue weighted by Gasteiger charge is 2.24. The number of hydrogen-bond acceptors (Lipinski definition) is 4. The molecule has 1 saturated heterocycles. The van der Waals surface area contributed by atoms with Crippen LogP contribution < -0.4 is 4.74 Å². The summed E-state index contributed by atoms with van der Waals surface area (Å²) in [6, 6.07) is 5.55. The minimum absolute atomic E-state index is 0.186. The van der Waals surface area contributed by atoms with Gasteiger partial charge in [0.05, 0.1) is 13.2 Å². The summed E-state index contributed by atoms with van der Waals surface area (Å²) in [5, 5.41) is 19.2. The Morgan fingerprint density at radius 1 is 1.44 bits per heavy atom. The highest BCUT2D eigenvalue weighted by molar-refractivity contribution is 5.39. The van der Waals surface area contributed by atoms with Crippen molar-refractivity contribution in [2.24, 2.45) is 0 Å². The maximum Gasteiger partial charge on any atom is 0.120 e. The second-order valence-corrected chi connectivity index (χ2v) is 4.67. The van der Waals surface area contributed by atoms with E-state index in [1.807, 2.05) is 13.0 Å². The third-order valence-electron chi connectivity index (χ3n) is 3.45. The molecular formula is C14H21NO3. The summed E-state index contributed by atoms with van der Waals surface area (Å²) in [7, 11) is 0. The predicted octanol–water partition coefficient (Wildman–Crippen LogP) is 1.75. The fourth-order valence-corrected chi connectivity index (χ4v) is 2.47. The molecule has 0 amide bonds. The molecule has 0 saturated carbocycles. The lowest BCUT2D eigenvalue weighted by Crippen LogP contribution is -2.31. The molecule has 4 heteroatoms. The van der Waals surface area contributed by atoms with E-state index in [-0.39, 0.29) is 12.6 Å². The van der Waals surface area contributed by atoms with Crippen molar-refractivity contribution < 1.29 is 14.9 Å². The van der Waals surface area contributed by atoms with Crippen LogP contribution in [0.1, 0.15) is 25.3 Å². The van der Waals surface area contributed by atoms with E-state index in [0.29, 0.717) is 18.9 Å². The van der Waals surface area contributed by atoms with Crippen LogP contribution in [0, 0.1) is 0 Å². The molecule has 1 aromatic rings. The summed E-state index contributed by atoms with van der Waals surface area (Å²) >= 11 is 0. The van der Waals surface area contributed by atoms with E-state index in [0.717, 1.165) is 30.7 Å². The zero-order valence-corrected chi connectivity index (χ0v) is 10.8. The SMILES string of the molecule is CCOc1ccc(O)c(CN2CCC[C@@H]2CO)c1. The smallest absolute Gasteiger partial charge is 0.120 e. The first-order valence-corrected chi connectivity index (χ1v) is 6.54. The number of phenols is 1. The minimum atomic E-state index is 0.186. The first-order valence-electron chi connectivity index (χ1n) is 6.54. The quantitative estimate of drug-likeness (QED) is 0.837. The maximum absolute atomic E-state index is 9.88. The molecule has 0 spiro atoms. The van der Waals surface area contributed by atoms with Gasteiger partial charge in [-0.25, -0.2) is 0 Å². The lowest BCUT2D eigenvalue weighted by Gasteiger charge is -2.23. The van der Waals surface area contributed by atoms with Crippen LogP contribution in [0.4, 0.5) is 0 Å². The summed E-state index contributed by atoms with van der Waals surface area (Å²) in [4.78, 5) is 2.21. The molecule has 1 aromatic carbocycles. The number of rotatable bonds is 5. The maximum atomic E-state index is 9.88. The predicted molar refractivity (Wildman–Crippen MR) is 69.8 cm³/mol. The van der Waals surface area contributed by atoms with Crippen molar-refractivity contribution in [1.29, 1.82) is 0 Å². The Morgan fingerprint density at radius 2 is 2.28 bits per heavy atom. The second kappa shape index (κ2) is 6.07. The summed E-state index contributed by atoms with van der Waals surface area (Å²) in [6.07, 6.45) is 2.14. The molecule has 18 heavy (non-hydrogen) atoms. The number of phenolic OH excluding ortho intramolecular Hbond substituents is 1. The van der Waals surface area contributed by atoms with Crippen molar-refractivity contribution in [1.82, 2.24) is 4.90 Å². The van der Waals surface area contributed by atoms with E-state index < -0.39 is 0 Å². The van der Waals surface area contributed by atoms with Crippen molar-refractivity contribution in [2.75, 3.05) is 19.8 Å². The van der Waals surface area contributed by atoms with Gasteiger partial charge < -0.3 is 14.9 Å². The first-order chi connectivity index (χ1) is 8.74. The van der Waals surface area contributed by atoms with E-state index in [1.54, 1.807) is 12.1 Å². The number of aliphatic hydroxyl groups excluding tert-OH is 1. The molecule has 1 aliphatic heterocycles. The molecular weight excluding hydrogens is 230 g/mol. The van der Waals surface area contributed by atoms with Gasteiger partial charge in [0, 0.05) is 18.2 Å². The average Bonchev–Trinajstić information content (AvgIpc) is 2.81. The fourth-order valence-electron chi connectivity index (χ4n) is 2.47. The molecule has 0 unspecified atom stereocenters. The lowest BCUT2D eigenvalue weighted by molar-refractivity contribution is 0.152. The molecule has 1 fully saturated rings. The lowest BCUT2D eigenvalue weighted by atomic mass is 10.1. The summed E-state index contributed by atoms with van der Waals surface area (Å²) < 4.78 is 5.44. The van der Waals surface area contributed by atoms with Crippen molar-refractivity contribution in [2.45, 2.75) is 32.4 Å². The van der Waals surface area contributed by atoms with Gasteiger partial charge in [0.1, 0.15) is 11.5 Å². The first kappa shape index (κ1) is 13.2. The summed E-state index contributed by atoms with van der Waals surface area (Å²) in [5.74, 6) is 1.08. The molecule has 0 aromatic heterocycles. The number of nitrogens with zero attached hydrogens (tertiary/aromatic N) is 1. The molecule has 4 nitrogen and oxygen atoms in total. The highest BCUT2D eigenvalue weighted by Crippen LogP contribution is 2.27. The van der Waals surface area contributed by atoms with Crippen LogP contribution in [0.25, 0.3) is 0 Å². The van der Waals surface area contributed by atoms with E-state index >= 15 is 0 Å². The molecule has 0 radical (unpaired) electrons. The van der Waals surface area contributed by atoms with E-state index in [1.165, 1.54) is 0 Å². The summed E-state index contributed by atoms with van der Waals surface area (Å²) in [6.45, 7) is 4.38. The monoisotopic (exact) mass is 251 g/mol. The van der Waals surface area contributed by atoms with Crippen LogP contribution >= 0.6 is 0 Å². The van der Waals surface area contributed by atoms with Gasteiger partial charge in [-0.15, -0.1) is 0 Å². The van der Waals surface area contributed by atoms with Crippen LogP contribution in [-0.4, -0.2) is 40.9 Å². The molecule has 2 rings (SSSR count). The molecule has 1 heterocycles. The van der Waals surface area contributed by atoms with E-state index in [4.69, 9.17) is 4.74 Å². The van der Waals surface area contributed by atoms with Crippen molar-refractivity contribution in [3.05, 3.63) is 23.8 Å². The number of ether oxygens (including phenoxy) is 1. The topological polar surface area (TPSA) is 52.9 Å². The van der Waals surface area contributed by atoms with Gasteiger partial charge in [-0.3, -0.25) is 4.90 Å². The van der Waals surface area contributed by atoms with Crippen LogP contribution in [0.15, 0.2) is 18.2 Å². The molecule has 0 aliphatic carbocycles. The second-order valence-electron chi connectivity index (χ2n) is 4.67. The van der Waals surface area contributed by atoms with Gasteiger partial charge in [-0.2, -0.15) is 0 Å². The minimum Gasteiger partial charge on any atom is -0.508 e. The molecule has 1 atom stereocenters. The Morgan fingerprint density at radius 3 is 3.00 bits per heavy atom. The molecule has 0 bridgehead atoms. The number of aliphatic hydroxyl groups is 1. The Bertz CT molecular complexity index is 395. The van der Waals surface area contributed by atoms with Gasteiger partial charge in [0.2, 0.25) is 0 Å². The van der Waals surface area contributed by atoms with Crippen LogP contribution in [0.2, 0.25) is 0 Å². The van der Waals surface area contributed by atoms with Gasteiger partial charge in [0.25, 0.3) is 0 Å². The molecule has 1 aliphatic rings. The number of hydrogen-bond donors (Lipinski definition) is 2. The third kappa shape index (κ3) is 2.94. The number of likely N-dealkylation sites (tertiary alicyclic amines) is 1. The molecule has 2 N–H and O–H groups in total. The van der Waals surface area contributed by atoms with Crippen molar-refractivity contribution in [3.8, 4) is 11.5 Å². The largest absolute Gasteiger partial charge is 0.508 e. The van der Waals surface area contributed by atoms with Gasteiger partial charge in [0.15, 0.2) is 0 Å².